The van der Waals surface area contributed by atoms with Crippen molar-refractivity contribution in [2.24, 2.45) is 0 Å². The minimum absolute atomic E-state index is 0.236. The van der Waals surface area contributed by atoms with Gasteiger partial charge in [0.1, 0.15) is 35.5 Å². The van der Waals surface area contributed by atoms with Crippen LogP contribution < -0.4 is 10.6 Å². The van der Waals surface area contributed by atoms with E-state index in [4.69, 9.17) is 4.74 Å². The molecule has 0 aromatic carbocycles. The Morgan fingerprint density at radius 3 is 2.67 bits per heavy atom. The first-order valence-electron chi connectivity index (χ1n) is 11.8. The fraction of sp³-hybridized carbons (Fsp3) is 0.269. The van der Waals surface area contributed by atoms with Gasteiger partial charge in [-0.3, -0.25) is 0 Å². The summed E-state index contributed by atoms with van der Waals surface area (Å²) < 4.78 is 5.37. The highest BCUT2D eigenvalue weighted by molar-refractivity contribution is 5.87. The lowest BCUT2D eigenvalue weighted by Crippen LogP contribution is -2.28. The summed E-state index contributed by atoms with van der Waals surface area (Å²) in [5.41, 5.74) is 2.78. The zero-order chi connectivity index (χ0) is 24.7. The van der Waals surface area contributed by atoms with Gasteiger partial charge < -0.3 is 15.4 Å². The number of esters is 1. The maximum Gasteiger partial charge on any atom is 0.356 e. The summed E-state index contributed by atoms with van der Waals surface area (Å²) in [6, 6.07) is 13.0. The molecule has 5 rings (SSSR count). The van der Waals surface area contributed by atoms with E-state index in [1.807, 2.05) is 31.2 Å². The SMILES string of the molecule is Cc1cccc(-c2nccc(Nc3ccnc(Cc4ccc(C(=O)OC[C@@H]5CCCN5)nc4)n3)n2)n1. The number of aromatic nitrogens is 6. The van der Waals surface area contributed by atoms with Gasteiger partial charge in [0.2, 0.25) is 0 Å². The Hall–Kier alpha value is -4.31. The number of nitrogens with one attached hydrogen (secondary N) is 2. The fourth-order valence-corrected chi connectivity index (χ4v) is 3.89. The van der Waals surface area contributed by atoms with Crippen molar-refractivity contribution < 1.29 is 9.53 Å². The number of carbonyl (C=O) groups is 1. The third kappa shape index (κ3) is 6.02. The number of hydrogen-bond acceptors (Lipinski definition) is 10. The van der Waals surface area contributed by atoms with E-state index >= 15 is 0 Å². The van der Waals surface area contributed by atoms with Crippen molar-refractivity contribution in [3.8, 4) is 11.5 Å². The van der Waals surface area contributed by atoms with Gasteiger partial charge in [-0.25, -0.2) is 34.7 Å². The highest BCUT2D eigenvalue weighted by Gasteiger charge is 2.17. The Balaban J connectivity index is 1.21. The van der Waals surface area contributed by atoms with E-state index in [0.29, 0.717) is 42.0 Å². The Morgan fingerprint density at radius 1 is 1.03 bits per heavy atom. The van der Waals surface area contributed by atoms with Crippen molar-refractivity contribution in [2.45, 2.75) is 32.2 Å². The van der Waals surface area contributed by atoms with Crippen LogP contribution in [-0.2, 0) is 11.2 Å². The van der Waals surface area contributed by atoms with Gasteiger partial charge in [0, 0.05) is 36.7 Å². The van der Waals surface area contributed by atoms with Gasteiger partial charge in [0.25, 0.3) is 0 Å². The number of nitrogens with zero attached hydrogens (tertiary/aromatic N) is 6. The van der Waals surface area contributed by atoms with E-state index < -0.39 is 5.97 Å². The van der Waals surface area contributed by atoms with Gasteiger partial charge in [-0.1, -0.05) is 12.1 Å². The van der Waals surface area contributed by atoms with Crippen LogP contribution in [-0.4, -0.2) is 55.1 Å². The van der Waals surface area contributed by atoms with Crippen LogP contribution in [0.3, 0.4) is 0 Å². The second-order valence-corrected chi connectivity index (χ2v) is 8.53. The molecule has 4 aromatic heterocycles. The van der Waals surface area contributed by atoms with Crippen LogP contribution in [0.4, 0.5) is 11.6 Å². The molecule has 0 saturated carbocycles. The van der Waals surface area contributed by atoms with Gasteiger partial charge in [0.05, 0.1) is 0 Å². The van der Waals surface area contributed by atoms with Gasteiger partial charge >= 0.3 is 5.97 Å². The molecular formula is C26H26N8O2. The van der Waals surface area contributed by atoms with E-state index in [-0.39, 0.29) is 11.7 Å². The third-order valence-corrected chi connectivity index (χ3v) is 5.71. The van der Waals surface area contributed by atoms with Gasteiger partial charge in [-0.15, -0.1) is 0 Å². The van der Waals surface area contributed by atoms with Crippen LogP contribution in [0.5, 0.6) is 0 Å². The Bertz CT molecular complexity index is 1340. The maximum absolute atomic E-state index is 12.3. The normalized spacial score (nSPS) is 15.0. The summed E-state index contributed by atoms with van der Waals surface area (Å²) in [5, 5.41) is 6.51. The van der Waals surface area contributed by atoms with E-state index in [1.165, 1.54) is 0 Å². The van der Waals surface area contributed by atoms with Crippen LogP contribution in [0.2, 0.25) is 0 Å². The molecule has 10 nitrogen and oxygen atoms in total. The van der Waals surface area contributed by atoms with Crippen molar-refractivity contribution in [1.82, 2.24) is 35.2 Å². The monoisotopic (exact) mass is 482 g/mol. The standard InChI is InChI=1S/C26H26N8O2/c1-17-4-2-6-20(31-17)25-29-13-10-23(34-25)32-22-9-12-28-24(33-22)14-18-7-8-21(30-15-18)26(35)36-16-19-5-3-11-27-19/h2,4,6-10,12-13,15,19,27H,3,5,11,14,16H2,1H3,(H,28,29,32,33,34)/t19-/m0/s1. The van der Waals surface area contributed by atoms with Crippen LogP contribution >= 0.6 is 0 Å². The van der Waals surface area contributed by atoms with Gasteiger partial charge in [0.15, 0.2) is 5.82 Å². The smallest absolute Gasteiger partial charge is 0.356 e. The molecule has 1 aliphatic rings. The number of ether oxygens (including phenoxy) is 1. The number of hydrogen-bond donors (Lipinski definition) is 2. The molecule has 0 aliphatic carbocycles. The number of aryl methyl sites for hydroxylation is 1. The average molecular weight is 483 g/mol. The summed E-state index contributed by atoms with van der Waals surface area (Å²) >= 11 is 0. The number of anilines is 2. The van der Waals surface area contributed by atoms with Crippen LogP contribution in [0.1, 0.15) is 40.4 Å². The van der Waals surface area contributed by atoms with Crippen molar-refractivity contribution in [2.75, 3.05) is 18.5 Å². The molecule has 0 radical (unpaired) electrons. The molecule has 1 atom stereocenters. The quantitative estimate of drug-likeness (QED) is 0.361. The second-order valence-electron chi connectivity index (χ2n) is 8.53. The van der Waals surface area contributed by atoms with Crippen LogP contribution in [0.15, 0.2) is 61.1 Å². The largest absolute Gasteiger partial charge is 0.459 e. The number of pyridine rings is 2. The average Bonchev–Trinajstić information content (AvgIpc) is 3.42. The molecule has 5 heterocycles. The maximum atomic E-state index is 12.3. The zero-order valence-corrected chi connectivity index (χ0v) is 19.9. The predicted octanol–water partition coefficient (Wildman–Crippen LogP) is 3.28. The van der Waals surface area contributed by atoms with Gasteiger partial charge in [-0.2, -0.15) is 0 Å². The number of carbonyl (C=O) groups excluding carboxylic acids is 1. The fourth-order valence-electron chi connectivity index (χ4n) is 3.89. The minimum Gasteiger partial charge on any atom is -0.459 e. The Labute approximate surface area is 208 Å². The second kappa shape index (κ2) is 11.0. The first-order chi connectivity index (χ1) is 17.6. The molecule has 36 heavy (non-hydrogen) atoms. The van der Waals surface area contributed by atoms with E-state index in [2.05, 4.69) is 40.5 Å². The molecule has 0 spiro atoms. The highest BCUT2D eigenvalue weighted by Crippen LogP contribution is 2.17. The molecule has 182 valence electrons. The first kappa shape index (κ1) is 23.4. The topological polar surface area (TPSA) is 128 Å². The Kier molecular flexibility index (Phi) is 7.13. The molecule has 10 heteroatoms. The summed E-state index contributed by atoms with van der Waals surface area (Å²) in [4.78, 5) is 38.8. The van der Waals surface area contributed by atoms with Crippen molar-refractivity contribution in [3.63, 3.8) is 0 Å². The van der Waals surface area contributed by atoms with Crippen molar-refractivity contribution in [1.29, 1.82) is 0 Å². The molecule has 4 aromatic rings. The zero-order valence-electron chi connectivity index (χ0n) is 19.9. The Morgan fingerprint density at radius 2 is 1.89 bits per heavy atom. The molecule has 0 unspecified atom stereocenters. The minimum atomic E-state index is -0.414. The molecule has 1 saturated heterocycles. The molecule has 1 fully saturated rings. The lowest BCUT2D eigenvalue weighted by Gasteiger charge is -2.10. The van der Waals surface area contributed by atoms with E-state index in [1.54, 1.807) is 36.8 Å². The third-order valence-electron chi connectivity index (χ3n) is 5.71. The number of rotatable bonds is 8. The van der Waals surface area contributed by atoms with E-state index in [9.17, 15) is 4.79 Å². The lowest BCUT2D eigenvalue weighted by molar-refractivity contribution is 0.0466. The first-order valence-corrected chi connectivity index (χ1v) is 11.8. The van der Waals surface area contributed by atoms with Gasteiger partial charge in [-0.05, 0) is 62.2 Å². The lowest BCUT2D eigenvalue weighted by atomic mass is 10.2. The van der Waals surface area contributed by atoms with E-state index in [0.717, 1.165) is 30.6 Å². The summed E-state index contributed by atoms with van der Waals surface area (Å²) in [5.74, 6) is 1.94. The molecule has 0 bridgehead atoms. The molecular weight excluding hydrogens is 456 g/mol. The summed E-state index contributed by atoms with van der Waals surface area (Å²) in [6.07, 6.45) is 7.62. The molecule has 2 N–H and O–H groups in total. The van der Waals surface area contributed by atoms with Crippen molar-refractivity contribution >= 4 is 17.6 Å². The molecule has 0 amide bonds. The summed E-state index contributed by atoms with van der Waals surface area (Å²) in [7, 11) is 0. The van der Waals surface area contributed by atoms with Crippen molar-refractivity contribution in [3.05, 3.63) is 83.8 Å². The van der Waals surface area contributed by atoms with Crippen LogP contribution in [0.25, 0.3) is 11.5 Å². The summed E-state index contributed by atoms with van der Waals surface area (Å²) in [6.45, 7) is 3.27. The van der Waals surface area contributed by atoms with Crippen LogP contribution in [0, 0.1) is 6.92 Å². The molecule has 1 aliphatic heterocycles. The predicted molar refractivity (Wildman–Crippen MR) is 134 cm³/mol. The highest BCUT2D eigenvalue weighted by atomic mass is 16.5.